The molecule has 4 rings (SSSR count). The van der Waals surface area contributed by atoms with E-state index in [1.54, 1.807) is 19.1 Å². The number of aliphatic hydroxyl groups is 3. The quantitative estimate of drug-likeness (QED) is 0.587. The smallest absolute Gasteiger partial charge is 0.303 e. The van der Waals surface area contributed by atoms with Gasteiger partial charge in [0.1, 0.15) is 0 Å². The molecule has 0 heterocycles. The predicted molar refractivity (Wildman–Crippen MR) is 106 cm³/mol. The van der Waals surface area contributed by atoms with Crippen LogP contribution in [0.25, 0.3) is 0 Å². The second kappa shape index (κ2) is 6.84. The molecule has 3 N–H and O–H groups in total. The Labute approximate surface area is 175 Å². The van der Waals surface area contributed by atoms with Gasteiger partial charge in [-0.05, 0) is 49.7 Å². The molecule has 0 spiro atoms. The van der Waals surface area contributed by atoms with E-state index in [1.165, 1.54) is 6.92 Å². The van der Waals surface area contributed by atoms with Gasteiger partial charge in [-0.15, -0.1) is 0 Å². The molecule has 0 aromatic carbocycles. The topological polar surface area (TPSA) is 121 Å². The summed E-state index contributed by atoms with van der Waals surface area (Å²) in [6.07, 6.45) is 4.78. The normalized spacial score (nSPS) is 47.1. The van der Waals surface area contributed by atoms with Gasteiger partial charge in [0.15, 0.2) is 18.0 Å². The van der Waals surface area contributed by atoms with Crippen LogP contribution >= 0.6 is 0 Å². The van der Waals surface area contributed by atoms with E-state index in [0.29, 0.717) is 12.8 Å². The van der Waals surface area contributed by atoms with Crippen LogP contribution in [0.15, 0.2) is 23.8 Å². The van der Waals surface area contributed by atoms with Crippen molar-refractivity contribution in [1.82, 2.24) is 0 Å². The van der Waals surface area contributed by atoms with Crippen molar-refractivity contribution in [2.75, 3.05) is 6.61 Å². The lowest BCUT2D eigenvalue weighted by Crippen LogP contribution is -2.63. The van der Waals surface area contributed by atoms with Crippen LogP contribution in [0.3, 0.4) is 0 Å². The van der Waals surface area contributed by atoms with Gasteiger partial charge in [-0.1, -0.05) is 25.5 Å². The molecule has 5 unspecified atom stereocenters. The summed E-state index contributed by atoms with van der Waals surface area (Å²) in [5.74, 6) is -1.79. The van der Waals surface area contributed by atoms with Crippen LogP contribution in [-0.2, 0) is 19.1 Å². The molecular weight excluding hydrogens is 388 g/mol. The number of fused-ring (bicyclic) bond motifs is 5. The summed E-state index contributed by atoms with van der Waals surface area (Å²) < 4.78 is 4.81. The molecule has 8 atom stereocenters. The lowest BCUT2D eigenvalue weighted by Gasteiger charge is -2.59. The highest BCUT2D eigenvalue weighted by molar-refractivity contribution is 6.01. The number of Topliss-reactive ketones (excluding diaryl/α,β-unsaturated/α-hetero) is 1. The number of allylic oxidation sites excluding steroid dienone is 4. The van der Waals surface area contributed by atoms with Gasteiger partial charge >= 0.3 is 5.97 Å². The van der Waals surface area contributed by atoms with Crippen molar-refractivity contribution in [2.24, 2.45) is 28.6 Å². The second-order valence-electron chi connectivity index (χ2n) is 9.93. The molecule has 30 heavy (non-hydrogen) atoms. The molecule has 7 nitrogen and oxygen atoms in total. The number of hydrogen-bond donors (Lipinski definition) is 3. The minimum atomic E-state index is -2.09. The molecule has 0 radical (unpaired) electrons. The number of ether oxygens (including phenoxy) is 1. The van der Waals surface area contributed by atoms with E-state index >= 15 is 0 Å². The summed E-state index contributed by atoms with van der Waals surface area (Å²) in [5, 5.41) is 33.6. The maximum absolute atomic E-state index is 12.9. The number of carbonyl (C=O) groups is 3. The van der Waals surface area contributed by atoms with Crippen LogP contribution < -0.4 is 0 Å². The SMILES string of the molecule is CC(=O)OCC(=O)[C@@]1(O)C(O)CC2C3CCC4=CC(=O)C=C[C@]4(C)C3C(O)C[C@@]21C. The van der Waals surface area contributed by atoms with Gasteiger partial charge in [0.25, 0.3) is 0 Å². The molecule has 7 heteroatoms. The summed E-state index contributed by atoms with van der Waals surface area (Å²) in [7, 11) is 0. The van der Waals surface area contributed by atoms with Crippen molar-refractivity contribution in [3.63, 3.8) is 0 Å². The molecule has 0 aliphatic heterocycles. The van der Waals surface area contributed by atoms with Crippen molar-refractivity contribution in [1.29, 1.82) is 0 Å². The van der Waals surface area contributed by atoms with Crippen molar-refractivity contribution in [3.05, 3.63) is 23.8 Å². The Balaban J connectivity index is 1.70. The fourth-order valence-electron chi connectivity index (χ4n) is 7.12. The predicted octanol–water partition coefficient (Wildman–Crippen LogP) is 1.10. The summed E-state index contributed by atoms with van der Waals surface area (Å²) >= 11 is 0. The fourth-order valence-corrected chi connectivity index (χ4v) is 7.12. The van der Waals surface area contributed by atoms with Gasteiger partial charge in [-0.3, -0.25) is 14.4 Å². The molecule has 3 fully saturated rings. The highest BCUT2D eigenvalue weighted by atomic mass is 16.5. The number of aliphatic hydroxyl groups excluding tert-OH is 2. The van der Waals surface area contributed by atoms with E-state index in [-0.39, 0.29) is 36.4 Å². The Morgan fingerprint density at radius 2 is 1.97 bits per heavy atom. The third kappa shape index (κ3) is 2.71. The van der Waals surface area contributed by atoms with E-state index in [1.807, 2.05) is 13.0 Å². The zero-order valence-corrected chi connectivity index (χ0v) is 17.6. The van der Waals surface area contributed by atoms with Crippen LogP contribution in [0.2, 0.25) is 0 Å². The first-order chi connectivity index (χ1) is 13.9. The van der Waals surface area contributed by atoms with Gasteiger partial charge < -0.3 is 20.1 Å². The Hall–Kier alpha value is -1.83. The number of hydrogen-bond acceptors (Lipinski definition) is 7. The van der Waals surface area contributed by atoms with Crippen LogP contribution in [0.4, 0.5) is 0 Å². The van der Waals surface area contributed by atoms with Crippen LogP contribution in [0.5, 0.6) is 0 Å². The zero-order valence-electron chi connectivity index (χ0n) is 17.6. The largest absolute Gasteiger partial charge is 0.458 e. The number of ketones is 2. The summed E-state index contributed by atoms with van der Waals surface area (Å²) in [6, 6.07) is 0. The van der Waals surface area contributed by atoms with Gasteiger partial charge in [0.2, 0.25) is 5.78 Å². The molecule has 0 saturated heterocycles. The summed E-state index contributed by atoms with van der Waals surface area (Å²) in [5.41, 5.74) is -2.59. The molecule has 164 valence electrons. The third-order valence-corrected chi connectivity index (χ3v) is 8.55. The van der Waals surface area contributed by atoms with Crippen molar-refractivity contribution >= 4 is 17.5 Å². The minimum Gasteiger partial charge on any atom is -0.458 e. The van der Waals surface area contributed by atoms with Crippen LogP contribution in [0, 0.1) is 28.6 Å². The molecule has 4 aliphatic rings. The molecule has 0 aromatic rings. The molecule has 4 aliphatic carbocycles. The molecule has 3 saturated carbocycles. The average molecular weight is 418 g/mol. The second-order valence-corrected chi connectivity index (χ2v) is 9.93. The number of esters is 1. The van der Waals surface area contributed by atoms with E-state index in [2.05, 4.69) is 0 Å². The van der Waals surface area contributed by atoms with E-state index in [4.69, 9.17) is 4.74 Å². The average Bonchev–Trinajstić information content (AvgIpc) is 2.87. The zero-order chi connectivity index (χ0) is 22.1. The highest BCUT2D eigenvalue weighted by Crippen LogP contribution is 2.67. The lowest BCUT2D eigenvalue weighted by molar-refractivity contribution is -0.192. The van der Waals surface area contributed by atoms with E-state index in [0.717, 1.165) is 5.57 Å². The molecule has 0 amide bonds. The fraction of sp³-hybridized carbons (Fsp3) is 0.696. The maximum atomic E-state index is 12.9. The standard InChI is InChI=1S/C23H30O7/c1-12(24)30-11-19(28)23(29)18(27)9-16-15-5-4-13-8-14(25)6-7-21(13,2)20(15)17(26)10-22(16,23)3/h6-8,15-18,20,26-27,29H,4-5,9-11H2,1-3H3/t15?,16?,17?,18?,20?,21-,22-,23-/m0/s1. The van der Waals surface area contributed by atoms with Gasteiger partial charge in [0, 0.05) is 23.7 Å². The Kier molecular flexibility index (Phi) is 4.88. The third-order valence-electron chi connectivity index (χ3n) is 8.55. The minimum absolute atomic E-state index is 0.0241. The number of carbonyl (C=O) groups excluding carboxylic acids is 3. The van der Waals surface area contributed by atoms with Gasteiger partial charge in [0.05, 0.1) is 12.2 Å². The molecule has 0 bridgehead atoms. The molecular formula is C23H30O7. The highest BCUT2D eigenvalue weighted by Gasteiger charge is 2.71. The van der Waals surface area contributed by atoms with Gasteiger partial charge in [-0.25, -0.2) is 0 Å². The van der Waals surface area contributed by atoms with Crippen LogP contribution in [-0.4, -0.2) is 57.3 Å². The van der Waals surface area contributed by atoms with Crippen LogP contribution in [0.1, 0.15) is 46.5 Å². The first-order valence-corrected chi connectivity index (χ1v) is 10.6. The van der Waals surface area contributed by atoms with Crippen molar-refractivity contribution in [2.45, 2.75) is 64.3 Å². The van der Waals surface area contributed by atoms with Gasteiger partial charge in [-0.2, -0.15) is 0 Å². The lowest BCUT2D eigenvalue weighted by atomic mass is 9.46. The summed E-state index contributed by atoms with van der Waals surface area (Å²) in [6.45, 7) is 4.36. The van der Waals surface area contributed by atoms with Crippen molar-refractivity contribution in [3.8, 4) is 0 Å². The summed E-state index contributed by atoms with van der Waals surface area (Å²) in [4.78, 5) is 35.9. The van der Waals surface area contributed by atoms with E-state index in [9.17, 15) is 29.7 Å². The molecule has 0 aromatic heterocycles. The maximum Gasteiger partial charge on any atom is 0.303 e. The Morgan fingerprint density at radius 3 is 2.63 bits per heavy atom. The first kappa shape index (κ1) is 21.4. The first-order valence-electron chi connectivity index (χ1n) is 10.6. The monoisotopic (exact) mass is 418 g/mol. The Morgan fingerprint density at radius 1 is 1.27 bits per heavy atom. The van der Waals surface area contributed by atoms with Crippen molar-refractivity contribution < 1.29 is 34.4 Å². The Bertz CT molecular complexity index is 860. The van der Waals surface area contributed by atoms with E-state index < -0.39 is 47.0 Å². The number of rotatable bonds is 3.